The fourth-order valence-corrected chi connectivity index (χ4v) is 5.06. The molecule has 1 N–H and O–H groups in total. The molecule has 1 saturated heterocycles. The van der Waals surface area contributed by atoms with Gasteiger partial charge in [0.15, 0.2) is 0 Å². The summed E-state index contributed by atoms with van der Waals surface area (Å²) >= 11 is 1.60. The van der Waals surface area contributed by atoms with Gasteiger partial charge < -0.3 is 5.32 Å². The molecular weight excluding hydrogens is 344 g/mol. The van der Waals surface area contributed by atoms with Crippen LogP contribution >= 0.6 is 11.8 Å². The SMILES string of the molecule is CCCCSCC(=O)Nc1cccc(S(=O)(=O)N2CCCCC2)c1. The monoisotopic (exact) mass is 370 g/mol. The molecule has 0 aromatic heterocycles. The summed E-state index contributed by atoms with van der Waals surface area (Å²) in [6, 6.07) is 6.55. The van der Waals surface area contributed by atoms with Crippen LogP contribution in [0.4, 0.5) is 5.69 Å². The molecule has 1 aromatic rings. The quantitative estimate of drug-likeness (QED) is 0.713. The predicted octanol–water partition coefficient (Wildman–Crippen LogP) is 3.33. The van der Waals surface area contributed by atoms with Gasteiger partial charge in [0.05, 0.1) is 10.6 Å². The average Bonchev–Trinajstić information content (AvgIpc) is 2.60. The maximum absolute atomic E-state index is 12.7. The number of unbranched alkanes of at least 4 members (excludes halogenated alkanes) is 1. The molecule has 0 atom stereocenters. The summed E-state index contributed by atoms with van der Waals surface area (Å²) in [7, 11) is -3.47. The van der Waals surface area contributed by atoms with Crippen molar-refractivity contribution in [1.29, 1.82) is 0 Å². The van der Waals surface area contributed by atoms with Gasteiger partial charge in [0.1, 0.15) is 0 Å². The highest BCUT2D eigenvalue weighted by molar-refractivity contribution is 7.99. The molecule has 0 saturated carbocycles. The summed E-state index contributed by atoms with van der Waals surface area (Å²) in [4.78, 5) is 12.2. The zero-order chi connectivity index (χ0) is 17.4. The highest BCUT2D eigenvalue weighted by Gasteiger charge is 2.26. The molecule has 1 fully saturated rings. The molecule has 5 nitrogen and oxygen atoms in total. The number of hydrogen-bond acceptors (Lipinski definition) is 4. The molecule has 0 radical (unpaired) electrons. The van der Waals surface area contributed by atoms with Gasteiger partial charge in [-0.1, -0.05) is 25.8 Å². The van der Waals surface area contributed by atoms with Crippen molar-refractivity contribution in [3.05, 3.63) is 24.3 Å². The number of sulfonamides is 1. The van der Waals surface area contributed by atoms with E-state index in [1.165, 1.54) is 4.31 Å². The van der Waals surface area contributed by atoms with Crippen molar-refractivity contribution in [2.24, 2.45) is 0 Å². The van der Waals surface area contributed by atoms with Gasteiger partial charge in [0, 0.05) is 18.8 Å². The van der Waals surface area contributed by atoms with Gasteiger partial charge in [-0.3, -0.25) is 4.79 Å². The molecule has 1 amide bonds. The Hall–Kier alpha value is -1.05. The van der Waals surface area contributed by atoms with E-state index in [9.17, 15) is 13.2 Å². The van der Waals surface area contributed by atoms with Crippen LogP contribution in [0.15, 0.2) is 29.2 Å². The Morgan fingerprint density at radius 3 is 2.71 bits per heavy atom. The molecule has 0 aliphatic carbocycles. The molecule has 2 rings (SSSR count). The van der Waals surface area contributed by atoms with Gasteiger partial charge in [0.25, 0.3) is 0 Å². The number of carbonyl (C=O) groups is 1. The number of piperidine rings is 1. The first-order valence-corrected chi connectivity index (χ1v) is 11.1. The van der Waals surface area contributed by atoms with Gasteiger partial charge >= 0.3 is 0 Å². The highest BCUT2D eigenvalue weighted by atomic mass is 32.2. The minimum absolute atomic E-state index is 0.0939. The normalized spacial score (nSPS) is 16.0. The summed E-state index contributed by atoms with van der Waals surface area (Å²) in [5, 5.41) is 2.79. The lowest BCUT2D eigenvalue weighted by Gasteiger charge is -2.26. The van der Waals surface area contributed by atoms with E-state index < -0.39 is 10.0 Å². The van der Waals surface area contributed by atoms with Crippen molar-refractivity contribution in [3.63, 3.8) is 0 Å². The van der Waals surface area contributed by atoms with Crippen LogP contribution in [-0.2, 0) is 14.8 Å². The van der Waals surface area contributed by atoms with Gasteiger partial charge in [-0.05, 0) is 43.2 Å². The number of nitrogens with one attached hydrogen (secondary N) is 1. The first-order chi connectivity index (χ1) is 11.5. The third kappa shape index (κ3) is 5.50. The fraction of sp³-hybridized carbons (Fsp3) is 0.588. The van der Waals surface area contributed by atoms with Crippen LogP contribution in [0.5, 0.6) is 0 Å². The molecule has 1 aliphatic rings. The lowest BCUT2D eigenvalue weighted by Crippen LogP contribution is -2.35. The van der Waals surface area contributed by atoms with Crippen LogP contribution in [0, 0.1) is 0 Å². The molecule has 134 valence electrons. The first-order valence-electron chi connectivity index (χ1n) is 8.52. The second-order valence-corrected chi connectivity index (χ2v) is 8.99. The molecule has 1 heterocycles. The predicted molar refractivity (Wildman–Crippen MR) is 99.9 cm³/mol. The highest BCUT2D eigenvalue weighted by Crippen LogP contribution is 2.23. The number of carbonyl (C=O) groups excluding carboxylic acids is 1. The molecule has 24 heavy (non-hydrogen) atoms. The molecule has 1 aromatic carbocycles. The van der Waals surface area contributed by atoms with Crippen molar-refractivity contribution < 1.29 is 13.2 Å². The Bertz CT molecular complexity index is 641. The summed E-state index contributed by atoms with van der Waals surface area (Å²) in [6.45, 7) is 3.27. The number of nitrogens with zero attached hydrogens (tertiary/aromatic N) is 1. The largest absolute Gasteiger partial charge is 0.325 e. The number of thioether (sulfide) groups is 1. The fourth-order valence-electron chi connectivity index (χ4n) is 2.60. The van der Waals surface area contributed by atoms with E-state index in [0.29, 0.717) is 24.5 Å². The van der Waals surface area contributed by atoms with Gasteiger partial charge in [-0.15, -0.1) is 0 Å². The van der Waals surface area contributed by atoms with E-state index in [2.05, 4.69) is 12.2 Å². The second kappa shape index (κ2) is 9.44. The Balaban J connectivity index is 1.99. The minimum atomic E-state index is -3.47. The number of amides is 1. The Kier molecular flexibility index (Phi) is 7.58. The lowest BCUT2D eigenvalue weighted by molar-refractivity contribution is -0.113. The maximum Gasteiger partial charge on any atom is 0.243 e. The van der Waals surface area contributed by atoms with E-state index in [4.69, 9.17) is 0 Å². The number of benzene rings is 1. The van der Waals surface area contributed by atoms with Gasteiger partial charge in [-0.2, -0.15) is 16.1 Å². The standard InChI is InChI=1S/C17H26N2O3S2/c1-2-3-12-23-14-17(20)18-15-8-7-9-16(13-15)24(21,22)19-10-5-4-6-11-19/h7-9,13H,2-6,10-12,14H2,1H3,(H,18,20). The van der Waals surface area contributed by atoms with Crippen molar-refractivity contribution in [2.45, 2.75) is 43.9 Å². The maximum atomic E-state index is 12.7. The van der Waals surface area contributed by atoms with Crippen molar-refractivity contribution in [3.8, 4) is 0 Å². The Labute approximate surface area is 149 Å². The third-order valence-corrected chi connectivity index (χ3v) is 6.88. The minimum Gasteiger partial charge on any atom is -0.325 e. The summed E-state index contributed by atoms with van der Waals surface area (Å²) < 4.78 is 26.9. The molecule has 0 bridgehead atoms. The molecule has 1 aliphatic heterocycles. The van der Waals surface area contributed by atoms with Crippen LogP contribution in [0.25, 0.3) is 0 Å². The molecule has 7 heteroatoms. The van der Waals surface area contributed by atoms with Crippen LogP contribution in [0.3, 0.4) is 0 Å². The Morgan fingerprint density at radius 1 is 1.25 bits per heavy atom. The molecule has 0 unspecified atom stereocenters. The number of rotatable bonds is 8. The summed E-state index contributed by atoms with van der Waals surface area (Å²) in [5.74, 6) is 1.26. The van der Waals surface area contributed by atoms with Crippen molar-refractivity contribution >= 4 is 33.4 Å². The number of hydrogen-bond donors (Lipinski definition) is 1. The smallest absolute Gasteiger partial charge is 0.243 e. The van der Waals surface area contributed by atoms with Crippen molar-refractivity contribution in [1.82, 2.24) is 4.31 Å². The summed E-state index contributed by atoms with van der Waals surface area (Å²) in [5.41, 5.74) is 0.536. The Morgan fingerprint density at radius 2 is 2.00 bits per heavy atom. The van der Waals surface area contributed by atoms with Gasteiger partial charge in [0.2, 0.25) is 15.9 Å². The lowest BCUT2D eigenvalue weighted by atomic mass is 10.2. The third-order valence-electron chi connectivity index (χ3n) is 3.95. The molecule has 0 spiro atoms. The van der Waals surface area contributed by atoms with E-state index in [1.807, 2.05) is 0 Å². The zero-order valence-electron chi connectivity index (χ0n) is 14.2. The van der Waals surface area contributed by atoms with Crippen molar-refractivity contribution in [2.75, 3.05) is 29.9 Å². The molecular formula is C17H26N2O3S2. The van der Waals surface area contributed by atoms with E-state index in [-0.39, 0.29) is 10.8 Å². The van der Waals surface area contributed by atoms with Crippen LogP contribution in [0.2, 0.25) is 0 Å². The first kappa shape index (κ1) is 19.3. The van der Waals surface area contributed by atoms with E-state index in [1.54, 1.807) is 36.0 Å². The second-order valence-electron chi connectivity index (χ2n) is 5.95. The van der Waals surface area contributed by atoms with Crippen LogP contribution < -0.4 is 5.32 Å². The topological polar surface area (TPSA) is 66.5 Å². The average molecular weight is 371 g/mol. The number of anilines is 1. The van der Waals surface area contributed by atoms with E-state index in [0.717, 1.165) is 37.9 Å². The summed E-state index contributed by atoms with van der Waals surface area (Å²) in [6.07, 6.45) is 5.11. The van der Waals surface area contributed by atoms with Gasteiger partial charge in [-0.25, -0.2) is 8.42 Å². The van der Waals surface area contributed by atoms with Crippen LogP contribution in [0.1, 0.15) is 39.0 Å². The zero-order valence-corrected chi connectivity index (χ0v) is 15.8. The van der Waals surface area contributed by atoms with Crippen LogP contribution in [-0.4, -0.2) is 43.2 Å². The van der Waals surface area contributed by atoms with E-state index >= 15 is 0 Å².